The number of nitriles is 1. The summed E-state index contributed by atoms with van der Waals surface area (Å²) in [4.78, 5) is 25.8. The summed E-state index contributed by atoms with van der Waals surface area (Å²) in [6.45, 7) is 3.24. The van der Waals surface area contributed by atoms with Gasteiger partial charge in [0, 0.05) is 33.9 Å². The Labute approximate surface area is 181 Å². The van der Waals surface area contributed by atoms with Gasteiger partial charge >= 0.3 is 6.18 Å². The van der Waals surface area contributed by atoms with E-state index in [2.05, 4.69) is 5.32 Å². The van der Waals surface area contributed by atoms with Crippen molar-refractivity contribution in [1.29, 1.82) is 5.26 Å². The summed E-state index contributed by atoms with van der Waals surface area (Å²) in [6.07, 6.45) is -4.51. The minimum atomic E-state index is -4.51. The first-order chi connectivity index (χ1) is 15.1. The number of nitrogens with one attached hydrogen (secondary N) is 1. The van der Waals surface area contributed by atoms with Crippen LogP contribution < -0.4 is 5.32 Å². The number of para-hydroxylation sites is 1. The number of hydrogen-bond acceptors (Lipinski definition) is 3. The second kappa shape index (κ2) is 7.54. The number of nitrogens with zero attached hydrogens (tertiary/aromatic N) is 2. The van der Waals surface area contributed by atoms with E-state index in [1.807, 2.05) is 6.07 Å². The van der Waals surface area contributed by atoms with E-state index in [0.29, 0.717) is 22.6 Å². The minimum Gasteiger partial charge on any atom is -0.321 e. The summed E-state index contributed by atoms with van der Waals surface area (Å²) < 4.78 is 41.0. The Hall–Kier alpha value is -4.12. The maximum atomic E-state index is 13.3. The number of benzene rings is 2. The van der Waals surface area contributed by atoms with Crippen LogP contribution in [-0.4, -0.2) is 16.3 Å². The van der Waals surface area contributed by atoms with Crippen molar-refractivity contribution in [3.8, 4) is 11.8 Å². The van der Waals surface area contributed by atoms with Crippen LogP contribution in [-0.2, 0) is 11.0 Å². The third-order valence-corrected chi connectivity index (χ3v) is 5.37. The van der Waals surface area contributed by atoms with Gasteiger partial charge in [-0.05, 0) is 44.2 Å². The first kappa shape index (κ1) is 21.1. The van der Waals surface area contributed by atoms with E-state index in [4.69, 9.17) is 0 Å². The molecule has 5 nitrogen and oxygen atoms in total. The zero-order valence-electron chi connectivity index (χ0n) is 17.0. The number of amides is 1. The number of hydrogen-bond donors (Lipinski definition) is 1. The van der Waals surface area contributed by atoms with Gasteiger partial charge in [-0.25, -0.2) is 0 Å². The van der Waals surface area contributed by atoms with Gasteiger partial charge in [0.1, 0.15) is 11.6 Å². The smallest absolute Gasteiger partial charge is 0.321 e. The number of carbonyl (C=O) groups is 2. The Morgan fingerprint density at radius 3 is 2.47 bits per heavy atom. The molecule has 2 aromatic carbocycles. The van der Waals surface area contributed by atoms with E-state index >= 15 is 0 Å². The SMILES string of the molecule is Cc1cc(C(=O)C(C#N)=C2C(=O)Nc3ccccc32)c(C)n1-c1cccc(C(F)(F)F)c1. The van der Waals surface area contributed by atoms with Gasteiger partial charge in [0.05, 0.1) is 11.1 Å². The molecule has 0 fully saturated rings. The predicted molar refractivity (Wildman–Crippen MR) is 112 cm³/mol. The van der Waals surface area contributed by atoms with Crippen molar-refractivity contribution in [2.75, 3.05) is 5.32 Å². The molecule has 0 atom stereocenters. The molecule has 0 radical (unpaired) electrons. The summed E-state index contributed by atoms with van der Waals surface area (Å²) >= 11 is 0. The number of alkyl halides is 3. The van der Waals surface area contributed by atoms with Crippen LogP contribution in [0.2, 0.25) is 0 Å². The number of anilines is 1. The van der Waals surface area contributed by atoms with Crippen molar-refractivity contribution in [3.05, 3.63) is 88.2 Å². The van der Waals surface area contributed by atoms with Gasteiger partial charge in [-0.3, -0.25) is 9.59 Å². The normalized spacial score (nSPS) is 14.6. The lowest BCUT2D eigenvalue weighted by Crippen LogP contribution is -2.12. The lowest BCUT2D eigenvalue weighted by molar-refractivity contribution is -0.137. The van der Waals surface area contributed by atoms with Crippen molar-refractivity contribution in [3.63, 3.8) is 0 Å². The molecule has 0 aliphatic carbocycles. The monoisotopic (exact) mass is 435 g/mol. The summed E-state index contributed by atoms with van der Waals surface area (Å²) in [5.74, 6) is -1.22. The van der Waals surface area contributed by atoms with Gasteiger partial charge in [-0.15, -0.1) is 0 Å². The quantitative estimate of drug-likeness (QED) is 0.348. The van der Waals surface area contributed by atoms with E-state index in [9.17, 15) is 28.0 Å². The molecular weight excluding hydrogens is 419 g/mol. The highest BCUT2D eigenvalue weighted by molar-refractivity contribution is 6.37. The Bertz CT molecular complexity index is 1360. The molecule has 160 valence electrons. The molecule has 1 aliphatic rings. The number of carbonyl (C=O) groups excluding carboxylic acids is 2. The van der Waals surface area contributed by atoms with Gasteiger partial charge < -0.3 is 9.88 Å². The second-order valence-corrected chi connectivity index (χ2v) is 7.36. The molecule has 1 aromatic heterocycles. The largest absolute Gasteiger partial charge is 0.416 e. The van der Waals surface area contributed by atoms with Crippen LogP contribution >= 0.6 is 0 Å². The summed E-state index contributed by atoms with van der Waals surface area (Å²) in [6, 6.07) is 14.8. The molecule has 2 heterocycles. The average molecular weight is 435 g/mol. The van der Waals surface area contributed by atoms with Crippen LogP contribution in [0, 0.1) is 25.2 Å². The van der Waals surface area contributed by atoms with Crippen LogP contribution in [0.15, 0.2) is 60.2 Å². The molecule has 1 N–H and O–H groups in total. The summed E-state index contributed by atoms with van der Waals surface area (Å²) in [5, 5.41) is 12.4. The Morgan fingerprint density at radius 2 is 1.78 bits per heavy atom. The number of rotatable bonds is 3. The molecule has 32 heavy (non-hydrogen) atoms. The molecule has 0 saturated heterocycles. The zero-order chi connectivity index (χ0) is 23.2. The molecule has 3 aromatic rings. The fourth-order valence-electron chi connectivity index (χ4n) is 3.93. The lowest BCUT2D eigenvalue weighted by Gasteiger charge is -2.13. The van der Waals surface area contributed by atoms with Crippen LogP contribution in [0.3, 0.4) is 0 Å². The van der Waals surface area contributed by atoms with E-state index < -0.39 is 23.4 Å². The number of ketones is 1. The third-order valence-electron chi connectivity index (χ3n) is 5.37. The number of allylic oxidation sites excluding steroid dienone is 1. The highest BCUT2D eigenvalue weighted by atomic mass is 19.4. The topological polar surface area (TPSA) is 74.9 Å². The van der Waals surface area contributed by atoms with Crippen molar-refractivity contribution >= 4 is 23.0 Å². The van der Waals surface area contributed by atoms with E-state index in [0.717, 1.165) is 12.1 Å². The molecule has 4 rings (SSSR count). The average Bonchev–Trinajstić information content (AvgIpc) is 3.23. The maximum Gasteiger partial charge on any atom is 0.416 e. The zero-order valence-corrected chi connectivity index (χ0v) is 17.0. The van der Waals surface area contributed by atoms with Crippen molar-refractivity contribution in [2.45, 2.75) is 20.0 Å². The van der Waals surface area contributed by atoms with Gasteiger partial charge in [-0.1, -0.05) is 24.3 Å². The molecule has 0 spiro atoms. The van der Waals surface area contributed by atoms with Gasteiger partial charge in [0.15, 0.2) is 0 Å². The molecule has 0 bridgehead atoms. The molecule has 0 saturated carbocycles. The van der Waals surface area contributed by atoms with E-state index in [1.165, 1.54) is 22.8 Å². The minimum absolute atomic E-state index is 0.0167. The second-order valence-electron chi connectivity index (χ2n) is 7.36. The Balaban J connectivity index is 1.84. The fourth-order valence-corrected chi connectivity index (χ4v) is 3.93. The van der Waals surface area contributed by atoms with Crippen LogP contribution in [0.25, 0.3) is 11.3 Å². The van der Waals surface area contributed by atoms with Crippen molar-refractivity contribution < 1.29 is 22.8 Å². The molecule has 8 heteroatoms. The summed E-state index contributed by atoms with van der Waals surface area (Å²) in [5.41, 5.74) is 1.07. The number of aromatic nitrogens is 1. The third kappa shape index (κ3) is 3.38. The molecule has 1 aliphatic heterocycles. The summed E-state index contributed by atoms with van der Waals surface area (Å²) in [7, 11) is 0. The molecule has 0 unspecified atom stereocenters. The Morgan fingerprint density at radius 1 is 1.06 bits per heavy atom. The molecular formula is C24H16F3N3O2. The number of fused-ring (bicyclic) bond motifs is 1. The lowest BCUT2D eigenvalue weighted by atomic mass is 9.95. The highest BCUT2D eigenvalue weighted by Crippen LogP contribution is 2.36. The Kier molecular flexibility index (Phi) is 4.97. The van der Waals surface area contributed by atoms with Gasteiger partial charge in [0.25, 0.3) is 5.91 Å². The van der Waals surface area contributed by atoms with Crippen LogP contribution in [0.5, 0.6) is 0 Å². The van der Waals surface area contributed by atoms with Crippen LogP contribution in [0.4, 0.5) is 18.9 Å². The van der Waals surface area contributed by atoms with Crippen molar-refractivity contribution in [1.82, 2.24) is 4.57 Å². The van der Waals surface area contributed by atoms with Crippen molar-refractivity contribution in [2.24, 2.45) is 0 Å². The molecule has 1 amide bonds. The van der Waals surface area contributed by atoms with E-state index in [1.54, 1.807) is 38.1 Å². The van der Waals surface area contributed by atoms with Gasteiger partial charge in [0.2, 0.25) is 5.78 Å². The first-order valence-corrected chi connectivity index (χ1v) is 9.60. The number of Topliss-reactive ketones (excluding diaryl/α,β-unsaturated/α-hetero) is 1. The maximum absolute atomic E-state index is 13.3. The number of halogens is 3. The predicted octanol–water partition coefficient (Wildman–Crippen LogP) is 5.23. The highest BCUT2D eigenvalue weighted by Gasteiger charge is 2.33. The standard InChI is InChI=1S/C24H16F3N3O2/c1-13-10-18(14(2)30(13)16-7-5-6-15(11-16)24(25,26)27)22(31)19(12-28)21-17-8-3-4-9-20(17)29-23(21)32/h3-11H,1-2H3,(H,29,32). The number of aryl methyl sites for hydroxylation is 1. The van der Waals surface area contributed by atoms with E-state index in [-0.39, 0.29) is 22.4 Å². The van der Waals surface area contributed by atoms with Gasteiger partial charge in [-0.2, -0.15) is 18.4 Å². The van der Waals surface area contributed by atoms with Crippen LogP contribution in [0.1, 0.15) is 32.9 Å². The fraction of sp³-hybridized carbons (Fsp3) is 0.125. The first-order valence-electron chi connectivity index (χ1n) is 9.60.